The Morgan fingerprint density at radius 2 is 2.00 bits per heavy atom. The van der Waals surface area contributed by atoms with Crippen LogP contribution in [0.25, 0.3) is 11.0 Å². The number of aromatic nitrogens is 2. The number of fused-ring (bicyclic) bond motifs is 1. The quantitative estimate of drug-likeness (QED) is 0.712. The molecule has 3 aromatic rings. The number of halogens is 2. The molecular weight excluding hydrogens is 355 g/mol. The lowest BCUT2D eigenvalue weighted by atomic mass is 9.95. The number of benzene rings is 2. The molecule has 1 aliphatic rings. The number of nitrogens with zero attached hydrogens (tertiary/aromatic N) is 2. The first-order valence-electron chi connectivity index (χ1n) is 8.66. The topological polar surface area (TPSA) is 55.1 Å². The Balaban J connectivity index is 1.83. The van der Waals surface area contributed by atoms with E-state index in [-0.39, 0.29) is 11.7 Å². The Labute approximate surface area is 155 Å². The number of carbonyl (C=O) groups is 1. The average molecular weight is 373 g/mol. The molecule has 2 aromatic carbocycles. The highest BCUT2D eigenvalue weighted by Gasteiger charge is 2.37. The molecule has 6 heteroatoms. The van der Waals surface area contributed by atoms with Crippen LogP contribution in [-0.2, 0) is 11.3 Å². The summed E-state index contributed by atoms with van der Waals surface area (Å²) in [5, 5.41) is 10.2. The minimum atomic E-state index is -0.788. The van der Waals surface area contributed by atoms with Gasteiger partial charge in [-0.05, 0) is 42.7 Å². The minimum Gasteiger partial charge on any atom is -0.481 e. The number of hydrogen-bond acceptors (Lipinski definition) is 2. The molecule has 1 heterocycles. The molecule has 0 unspecified atom stereocenters. The second-order valence-corrected chi connectivity index (χ2v) is 7.23. The van der Waals surface area contributed by atoms with Crippen LogP contribution in [0.1, 0.15) is 36.6 Å². The lowest BCUT2D eigenvalue weighted by Gasteiger charge is -2.18. The molecule has 0 bridgehead atoms. The molecule has 1 saturated carbocycles. The van der Waals surface area contributed by atoms with Gasteiger partial charge in [0.15, 0.2) is 0 Å². The van der Waals surface area contributed by atoms with Crippen molar-refractivity contribution >= 4 is 28.6 Å². The minimum absolute atomic E-state index is 0.157. The first kappa shape index (κ1) is 17.0. The number of rotatable bonds is 4. The maximum Gasteiger partial charge on any atom is 0.307 e. The second kappa shape index (κ2) is 6.72. The molecule has 1 aliphatic carbocycles. The molecule has 0 radical (unpaired) electrons. The van der Waals surface area contributed by atoms with Gasteiger partial charge >= 0.3 is 5.97 Å². The highest BCUT2D eigenvalue weighted by atomic mass is 35.5. The molecule has 0 aliphatic heterocycles. The number of carboxylic acid groups (broad SMARTS) is 1. The summed E-state index contributed by atoms with van der Waals surface area (Å²) in [6.07, 6.45) is 2.29. The van der Waals surface area contributed by atoms with Gasteiger partial charge in [0.25, 0.3) is 0 Å². The van der Waals surface area contributed by atoms with Crippen molar-refractivity contribution in [2.75, 3.05) is 0 Å². The van der Waals surface area contributed by atoms with Crippen LogP contribution >= 0.6 is 11.6 Å². The Morgan fingerprint density at radius 3 is 2.73 bits per heavy atom. The molecule has 134 valence electrons. The van der Waals surface area contributed by atoms with Gasteiger partial charge in [0.05, 0.1) is 17.0 Å². The molecule has 0 amide bonds. The molecule has 0 saturated heterocycles. The molecule has 4 nitrogen and oxygen atoms in total. The van der Waals surface area contributed by atoms with Gasteiger partial charge in [0.2, 0.25) is 0 Å². The van der Waals surface area contributed by atoms with E-state index in [4.69, 9.17) is 11.6 Å². The van der Waals surface area contributed by atoms with Gasteiger partial charge < -0.3 is 9.67 Å². The maximum atomic E-state index is 13.7. The molecule has 4 rings (SSSR count). The molecule has 26 heavy (non-hydrogen) atoms. The van der Waals surface area contributed by atoms with E-state index in [0.717, 1.165) is 29.7 Å². The van der Waals surface area contributed by atoms with Crippen molar-refractivity contribution in [1.82, 2.24) is 9.55 Å². The largest absolute Gasteiger partial charge is 0.481 e. The van der Waals surface area contributed by atoms with E-state index < -0.39 is 11.9 Å². The van der Waals surface area contributed by atoms with Gasteiger partial charge in [-0.3, -0.25) is 4.79 Å². The van der Waals surface area contributed by atoms with E-state index in [9.17, 15) is 14.3 Å². The Morgan fingerprint density at radius 1 is 1.23 bits per heavy atom. The van der Waals surface area contributed by atoms with E-state index in [1.807, 2.05) is 28.8 Å². The van der Waals surface area contributed by atoms with Crippen LogP contribution < -0.4 is 0 Å². The zero-order chi connectivity index (χ0) is 18.3. The van der Waals surface area contributed by atoms with E-state index in [0.29, 0.717) is 23.5 Å². The van der Waals surface area contributed by atoms with Gasteiger partial charge in [-0.1, -0.05) is 30.2 Å². The summed E-state index contributed by atoms with van der Waals surface area (Å²) in [6, 6.07) is 12.0. The van der Waals surface area contributed by atoms with E-state index >= 15 is 0 Å². The zero-order valence-corrected chi connectivity index (χ0v) is 14.8. The fraction of sp³-hybridized carbons (Fsp3) is 0.300. The van der Waals surface area contributed by atoms with Gasteiger partial charge in [0, 0.05) is 23.6 Å². The van der Waals surface area contributed by atoms with E-state index in [2.05, 4.69) is 4.98 Å². The second-order valence-electron chi connectivity index (χ2n) is 6.80. The van der Waals surface area contributed by atoms with Crippen LogP contribution in [0.2, 0.25) is 5.02 Å². The molecule has 2 atom stereocenters. The summed E-state index contributed by atoms with van der Waals surface area (Å²) in [4.78, 5) is 16.3. The van der Waals surface area contributed by atoms with Crippen LogP contribution in [0.4, 0.5) is 4.39 Å². The summed E-state index contributed by atoms with van der Waals surface area (Å²) in [7, 11) is 0. The fourth-order valence-electron chi connectivity index (χ4n) is 3.91. The van der Waals surface area contributed by atoms with Gasteiger partial charge in [-0.15, -0.1) is 0 Å². The summed E-state index contributed by atoms with van der Waals surface area (Å²) >= 11 is 5.97. The predicted molar refractivity (Wildman–Crippen MR) is 98.0 cm³/mol. The Hall–Kier alpha value is -2.40. The number of carboxylic acids is 1. The van der Waals surface area contributed by atoms with E-state index in [1.54, 1.807) is 6.07 Å². The Kier molecular flexibility index (Phi) is 4.41. The monoisotopic (exact) mass is 372 g/mol. The predicted octanol–water partition coefficient (Wildman–Crippen LogP) is 4.85. The van der Waals surface area contributed by atoms with Crippen LogP contribution in [0.3, 0.4) is 0 Å². The highest BCUT2D eigenvalue weighted by molar-refractivity contribution is 6.30. The summed E-state index contributed by atoms with van der Waals surface area (Å²) < 4.78 is 15.7. The fourth-order valence-corrected chi connectivity index (χ4v) is 4.03. The SMILES string of the molecule is O=C(O)[C@@H]1CCC[C@H]1c1nc2cc(F)ccc2n1Cc1ccc(Cl)cc1. The van der Waals surface area contributed by atoms with Crippen molar-refractivity contribution in [3.05, 3.63) is 64.7 Å². The third kappa shape index (κ3) is 3.07. The van der Waals surface area contributed by atoms with Crippen molar-refractivity contribution in [2.24, 2.45) is 5.92 Å². The van der Waals surface area contributed by atoms with Crippen molar-refractivity contribution in [1.29, 1.82) is 0 Å². The van der Waals surface area contributed by atoms with Gasteiger partial charge in [0.1, 0.15) is 11.6 Å². The van der Waals surface area contributed by atoms with Gasteiger partial charge in [-0.2, -0.15) is 0 Å². The first-order chi connectivity index (χ1) is 12.5. The summed E-state index contributed by atoms with van der Waals surface area (Å²) in [5.41, 5.74) is 2.40. The molecule has 1 aromatic heterocycles. The molecule has 0 spiro atoms. The third-order valence-electron chi connectivity index (χ3n) is 5.16. The lowest BCUT2D eigenvalue weighted by molar-refractivity contribution is -0.142. The smallest absolute Gasteiger partial charge is 0.307 e. The summed E-state index contributed by atoms with van der Waals surface area (Å²) in [5.74, 6) is -1.01. The standard InChI is InChI=1S/C20H18ClFN2O2/c21-13-6-4-12(5-7-13)11-24-18-9-8-14(22)10-17(18)23-19(24)15-2-1-3-16(15)20(25)26/h4-10,15-16H,1-3,11H2,(H,25,26)/t15-,16-/m1/s1. The number of aliphatic carboxylic acids is 1. The summed E-state index contributed by atoms with van der Waals surface area (Å²) in [6.45, 7) is 0.539. The normalized spacial score (nSPS) is 19.9. The van der Waals surface area contributed by atoms with Crippen molar-refractivity contribution in [2.45, 2.75) is 31.7 Å². The maximum absolute atomic E-state index is 13.7. The van der Waals surface area contributed by atoms with Gasteiger partial charge in [-0.25, -0.2) is 9.37 Å². The lowest BCUT2D eigenvalue weighted by Crippen LogP contribution is -2.20. The van der Waals surface area contributed by atoms with Crippen LogP contribution in [0.5, 0.6) is 0 Å². The molecular formula is C20H18ClFN2O2. The van der Waals surface area contributed by atoms with Crippen molar-refractivity contribution < 1.29 is 14.3 Å². The van der Waals surface area contributed by atoms with E-state index in [1.165, 1.54) is 12.1 Å². The molecule has 1 fully saturated rings. The zero-order valence-electron chi connectivity index (χ0n) is 14.0. The Bertz CT molecular complexity index is 968. The highest BCUT2D eigenvalue weighted by Crippen LogP contribution is 2.40. The van der Waals surface area contributed by atoms with Crippen LogP contribution in [0, 0.1) is 11.7 Å². The van der Waals surface area contributed by atoms with Crippen LogP contribution in [0.15, 0.2) is 42.5 Å². The number of hydrogen-bond donors (Lipinski definition) is 1. The van der Waals surface area contributed by atoms with Crippen molar-refractivity contribution in [3.63, 3.8) is 0 Å². The van der Waals surface area contributed by atoms with Crippen LogP contribution in [-0.4, -0.2) is 20.6 Å². The molecule has 1 N–H and O–H groups in total. The number of imidazole rings is 1. The average Bonchev–Trinajstić information content (AvgIpc) is 3.21. The first-order valence-corrected chi connectivity index (χ1v) is 9.03. The third-order valence-corrected chi connectivity index (χ3v) is 5.41. The van der Waals surface area contributed by atoms with Crippen molar-refractivity contribution in [3.8, 4) is 0 Å².